The highest BCUT2D eigenvalue weighted by Gasteiger charge is 2.35. The van der Waals surface area contributed by atoms with Gasteiger partial charge in [0.2, 0.25) is 0 Å². The molecular formula is C8H17NO3. The molecule has 0 fully saturated rings. The summed E-state index contributed by atoms with van der Waals surface area (Å²) in [5.74, 6) is -1.01. The van der Waals surface area contributed by atoms with Crippen LogP contribution < -0.4 is 5.73 Å². The minimum absolute atomic E-state index is 0.284. The van der Waals surface area contributed by atoms with E-state index in [1.807, 2.05) is 0 Å². The molecule has 0 aromatic rings. The Labute approximate surface area is 72.7 Å². The van der Waals surface area contributed by atoms with Crippen LogP contribution in [0.1, 0.15) is 27.2 Å². The van der Waals surface area contributed by atoms with Crippen LogP contribution in [0.15, 0.2) is 0 Å². The molecule has 0 saturated heterocycles. The maximum absolute atomic E-state index is 10.6. The molecule has 0 bridgehead atoms. The lowest BCUT2D eigenvalue weighted by Gasteiger charge is -2.30. The van der Waals surface area contributed by atoms with Crippen molar-refractivity contribution in [3.05, 3.63) is 0 Å². The number of aliphatic carboxylic acids is 1. The fraction of sp³-hybridized carbons (Fsp3) is 0.875. The van der Waals surface area contributed by atoms with Crippen molar-refractivity contribution in [3.63, 3.8) is 0 Å². The van der Waals surface area contributed by atoms with Gasteiger partial charge in [0.1, 0.15) is 5.54 Å². The topological polar surface area (TPSA) is 72.5 Å². The summed E-state index contributed by atoms with van der Waals surface area (Å²) in [5, 5.41) is 8.72. The van der Waals surface area contributed by atoms with Gasteiger partial charge in [0.15, 0.2) is 0 Å². The average molecular weight is 175 g/mol. The van der Waals surface area contributed by atoms with E-state index in [0.29, 0.717) is 0 Å². The molecule has 0 saturated carbocycles. The van der Waals surface area contributed by atoms with Gasteiger partial charge >= 0.3 is 5.97 Å². The van der Waals surface area contributed by atoms with Crippen molar-refractivity contribution in [3.8, 4) is 0 Å². The molecule has 0 aliphatic heterocycles. The van der Waals surface area contributed by atoms with Gasteiger partial charge in [-0.3, -0.25) is 4.79 Å². The number of nitrogens with two attached hydrogens (primary N) is 1. The van der Waals surface area contributed by atoms with Gasteiger partial charge in [0, 0.05) is 13.5 Å². The summed E-state index contributed by atoms with van der Waals surface area (Å²) in [5.41, 5.74) is 3.82. The molecule has 1 unspecified atom stereocenters. The van der Waals surface area contributed by atoms with E-state index in [2.05, 4.69) is 0 Å². The van der Waals surface area contributed by atoms with E-state index in [1.54, 1.807) is 13.8 Å². The predicted octanol–water partition coefficient (Wildman–Crippen LogP) is 0.603. The zero-order valence-corrected chi connectivity index (χ0v) is 8.05. The molecule has 72 valence electrons. The van der Waals surface area contributed by atoms with Crippen LogP contribution in [-0.2, 0) is 9.53 Å². The van der Waals surface area contributed by atoms with Gasteiger partial charge in [-0.05, 0) is 20.8 Å². The second-order valence-electron chi connectivity index (χ2n) is 3.86. The first-order valence-electron chi connectivity index (χ1n) is 3.79. The lowest BCUT2D eigenvalue weighted by atomic mass is 9.89. The quantitative estimate of drug-likeness (QED) is 0.656. The fourth-order valence-corrected chi connectivity index (χ4v) is 1.03. The van der Waals surface area contributed by atoms with Crippen molar-refractivity contribution >= 4 is 5.97 Å². The molecule has 0 amide bonds. The Balaban J connectivity index is 4.34. The molecule has 0 aromatic heterocycles. The predicted molar refractivity (Wildman–Crippen MR) is 45.9 cm³/mol. The van der Waals surface area contributed by atoms with Crippen molar-refractivity contribution in [1.29, 1.82) is 0 Å². The number of carbonyl (C=O) groups is 1. The largest absolute Gasteiger partial charge is 0.480 e. The molecule has 4 heteroatoms. The fourth-order valence-electron chi connectivity index (χ4n) is 1.03. The highest BCUT2D eigenvalue weighted by atomic mass is 16.5. The monoisotopic (exact) mass is 175 g/mol. The first-order valence-corrected chi connectivity index (χ1v) is 3.79. The Kier molecular flexibility index (Phi) is 3.24. The Hall–Kier alpha value is -0.610. The van der Waals surface area contributed by atoms with Crippen LogP contribution in [0.5, 0.6) is 0 Å². The zero-order valence-electron chi connectivity index (χ0n) is 8.05. The Bertz CT molecular complexity index is 175. The number of hydrogen-bond donors (Lipinski definition) is 2. The van der Waals surface area contributed by atoms with Gasteiger partial charge in [0.05, 0.1) is 5.60 Å². The minimum Gasteiger partial charge on any atom is -0.480 e. The van der Waals surface area contributed by atoms with Gasteiger partial charge in [-0.15, -0.1) is 0 Å². The van der Waals surface area contributed by atoms with E-state index < -0.39 is 17.1 Å². The zero-order chi connectivity index (χ0) is 9.99. The second kappa shape index (κ2) is 3.41. The molecule has 0 aromatic carbocycles. The summed E-state index contributed by atoms with van der Waals surface area (Å²) < 4.78 is 5.08. The molecule has 1 atom stereocenters. The lowest BCUT2D eigenvalue weighted by Crippen LogP contribution is -2.50. The van der Waals surface area contributed by atoms with Crippen molar-refractivity contribution in [2.45, 2.75) is 38.3 Å². The van der Waals surface area contributed by atoms with Gasteiger partial charge in [-0.1, -0.05) is 0 Å². The molecular weight excluding hydrogens is 158 g/mol. The molecule has 0 rings (SSSR count). The van der Waals surface area contributed by atoms with Crippen LogP contribution in [-0.4, -0.2) is 29.3 Å². The average Bonchev–Trinajstić information content (AvgIpc) is 1.85. The summed E-state index contributed by atoms with van der Waals surface area (Å²) in [6, 6.07) is 0. The van der Waals surface area contributed by atoms with Gasteiger partial charge in [-0.2, -0.15) is 0 Å². The van der Waals surface area contributed by atoms with Crippen molar-refractivity contribution < 1.29 is 14.6 Å². The third-order valence-corrected chi connectivity index (χ3v) is 1.83. The summed E-state index contributed by atoms with van der Waals surface area (Å²) >= 11 is 0. The van der Waals surface area contributed by atoms with Gasteiger partial charge in [0.25, 0.3) is 0 Å². The highest BCUT2D eigenvalue weighted by Crippen LogP contribution is 2.21. The van der Waals surface area contributed by atoms with Gasteiger partial charge < -0.3 is 15.6 Å². The maximum atomic E-state index is 10.6. The summed E-state index contributed by atoms with van der Waals surface area (Å²) in [4.78, 5) is 10.6. The highest BCUT2D eigenvalue weighted by molar-refractivity contribution is 5.77. The smallest absolute Gasteiger partial charge is 0.323 e. The number of hydrogen-bond acceptors (Lipinski definition) is 3. The van der Waals surface area contributed by atoms with E-state index >= 15 is 0 Å². The Morgan fingerprint density at radius 3 is 2.17 bits per heavy atom. The lowest BCUT2D eigenvalue weighted by molar-refractivity contribution is -0.145. The number of rotatable bonds is 4. The molecule has 0 heterocycles. The first-order chi connectivity index (χ1) is 5.21. The first kappa shape index (κ1) is 11.4. The van der Waals surface area contributed by atoms with E-state index in [9.17, 15) is 4.79 Å². The number of methoxy groups -OCH3 is 1. The third-order valence-electron chi connectivity index (χ3n) is 1.83. The summed E-state index contributed by atoms with van der Waals surface area (Å²) in [6.07, 6.45) is 0.284. The third kappa shape index (κ3) is 3.19. The molecule has 0 spiro atoms. The minimum atomic E-state index is -1.22. The van der Waals surface area contributed by atoms with Gasteiger partial charge in [-0.25, -0.2) is 0 Å². The number of carboxylic acids is 1. The molecule has 0 radical (unpaired) electrons. The Morgan fingerprint density at radius 1 is 1.50 bits per heavy atom. The van der Waals surface area contributed by atoms with Crippen molar-refractivity contribution in [1.82, 2.24) is 0 Å². The standard InChI is InChI=1S/C8H17NO3/c1-7(2,12-4)5-8(3,9)6(10)11/h5,9H2,1-4H3,(H,10,11). The second-order valence-corrected chi connectivity index (χ2v) is 3.86. The van der Waals surface area contributed by atoms with E-state index in [1.165, 1.54) is 14.0 Å². The maximum Gasteiger partial charge on any atom is 0.323 e. The summed E-state index contributed by atoms with van der Waals surface area (Å²) in [6.45, 7) is 5.10. The normalized spacial score (nSPS) is 17.1. The number of ether oxygens (including phenoxy) is 1. The molecule has 4 nitrogen and oxygen atoms in total. The molecule has 0 aliphatic carbocycles. The molecule has 12 heavy (non-hydrogen) atoms. The van der Waals surface area contributed by atoms with Crippen LogP contribution >= 0.6 is 0 Å². The van der Waals surface area contributed by atoms with Crippen LogP contribution in [0.25, 0.3) is 0 Å². The van der Waals surface area contributed by atoms with Crippen LogP contribution in [0, 0.1) is 0 Å². The SMILES string of the molecule is COC(C)(C)CC(C)(N)C(=O)O. The van der Waals surface area contributed by atoms with Crippen LogP contribution in [0.3, 0.4) is 0 Å². The van der Waals surface area contributed by atoms with Crippen molar-refractivity contribution in [2.24, 2.45) is 5.73 Å². The Morgan fingerprint density at radius 2 is 1.92 bits per heavy atom. The van der Waals surface area contributed by atoms with E-state index in [-0.39, 0.29) is 6.42 Å². The molecule has 3 N–H and O–H groups in total. The number of carboxylic acid groups (broad SMARTS) is 1. The molecule has 0 aliphatic rings. The summed E-state index contributed by atoms with van der Waals surface area (Å²) in [7, 11) is 1.54. The van der Waals surface area contributed by atoms with E-state index in [0.717, 1.165) is 0 Å². The van der Waals surface area contributed by atoms with Crippen molar-refractivity contribution in [2.75, 3.05) is 7.11 Å². The van der Waals surface area contributed by atoms with E-state index in [4.69, 9.17) is 15.6 Å². The van der Waals surface area contributed by atoms with Crippen LogP contribution in [0.2, 0.25) is 0 Å². The van der Waals surface area contributed by atoms with Crippen LogP contribution in [0.4, 0.5) is 0 Å².